The Labute approximate surface area is 285 Å². The minimum Gasteiger partial charge on any atom is -0.508 e. The van der Waals surface area contributed by atoms with E-state index in [1.54, 1.807) is 17.7 Å². The van der Waals surface area contributed by atoms with Crippen LogP contribution in [-0.2, 0) is 11.2 Å². The van der Waals surface area contributed by atoms with Crippen molar-refractivity contribution in [1.29, 1.82) is 0 Å². The van der Waals surface area contributed by atoms with Gasteiger partial charge < -0.3 is 20.3 Å². The Balaban J connectivity index is 1.05. The lowest BCUT2D eigenvalue weighted by atomic mass is 9.53. The van der Waals surface area contributed by atoms with Crippen molar-refractivity contribution in [2.24, 2.45) is 23.7 Å². The van der Waals surface area contributed by atoms with Crippen LogP contribution in [0.1, 0.15) is 82.4 Å². The van der Waals surface area contributed by atoms with Crippen molar-refractivity contribution in [3.63, 3.8) is 0 Å². The molecule has 48 heavy (non-hydrogen) atoms. The monoisotopic (exact) mass is 650 g/mol. The molecule has 4 aliphatic carbocycles. The third kappa shape index (κ3) is 7.72. The Hall–Kier alpha value is -4.26. The molecule has 1 unspecified atom stereocenters. The second kappa shape index (κ2) is 14.5. The summed E-state index contributed by atoms with van der Waals surface area (Å²) in [7, 11) is 0. The normalized spacial score (nSPS) is 21.9. The number of unbranched alkanes of at least 4 members (excludes halogenated alkanes) is 1. The maximum absolute atomic E-state index is 13.3. The highest BCUT2D eigenvalue weighted by molar-refractivity contribution is 5.86. The van der Waals surface area contributed by atoms with Crippen LogP contribution in [0, 0.1) is 23.7 Å². The number of phenols is 1. The van der Waals surface area contributed by atoms with Gasteiger partial charge in [-0.25, -0.2) is 4.79 Å². The number of carboxylic acid groups (broad SMARTS) is 1. The zero-order valence-corrected chi connectivity index (χ0v) is 28.5. The average molecular weight is 651 g/mol. The Morgan fingerprint density at radius 3 is 1.98 bits per heavy atom. The molecule has 2 amide bonds. The molecular weight excluding hydrogens is 600 g/mol. The number of carbonyl (C=O) groups is 2. The van der Waals surface area contributed by atoms with E-state index in [1.165, 1.54) is 53.7 Å². The second-order valence-electron chi connectivity index (χ2n) is 15.1. The summed E-state index contributed by atoms with van der Waals surface area (Å²) in [5.74, 6) is 3.92. The molecule has 0 heterocycles. The van der Waals surface area contributed by atoms with Gasteiger partial charge in [-0.15, -0.1) is 0 Å². The van der Waals surface area contributed by atoms with E-state index in [0.717, 1.165) is 29.6 Å². The number of rotatable bonds is 12. The van der Waals surface area contributed by atoms with Crippen LogP contribution in [0.25, 0.3) is 5.57 Å². The second-order valence-corrected chi connectivity index (χ2v) is 15.1. The predicted octanol–water partition coefficient (Wildman–Crippen LogP) is 8.32. The fourth-order valence-corrected chi connectivity index (χ4v) is 8.72. The Bertz CT molecular complexity index is 1560. The first-order valence-electron chi connectivity index (χ1n) is 17.7. The molecule has 7 rings (SSSR count). The van der Waals surface area contributed by atoms with Crippen LogP contribution < -0.4 is 10.1 Å². The Kier molecular flexibility index (Phi) is 10.1. The van der Waals surface area contributed by atoms with Crippen LogP contribution >= 0.6 is 0 Å². The fourth-order valence-electron chi connectivity index (χ4n) is 8.72. The number of allylic oxidation sites excluding steroid dienone is 1. The van der Waals surface area contributed by atoms with E-state index >= 15 is 0 Å². The molecular formula is C41H50N2O5. The lowest BCUT2D eigenvalue weighted by Gasteiger charge is -2.52. The van der Waals surface area contributed by atoms with Gasteiger partial charge >= 0.3 is 6.09 Å². The molecule has 3 N–H and O–H groups in total. The van der Waals surface area contributed by atoms with Gasteiger partial charge in [0.15, 0.2) is 0 Å². The third-order valence-electron chi connectivity index (χ3n) is 10.6. The minimum atomic E-state index is -1.11. The first kappa shape index (κ1) is 33.6. The van der Waals surface area contributed by atoms with Gasteiger partial charge in [-0.1, -0.05) is 60.2 Å². The molecule has 0 aromatic heterocycles. The van der Waals surface area contributed by atoms with Gasteiger partial charge in [0, 0.05) is 18.5 Å². The molecule has 4 aliphatic rings. The number of nitrogens with one attached hydrogen (secondary N) is 1. The molecule has 254 valence electrons. The van der Waals surface area contributed by atoms with Crippen LogP contribution in [0.15, 0.2) is 84.4 Å². The maximum atomic E-state index is 13.3. The molecule has 7 heteroatoms. The van der Waals surface area contributed by atoms with Crippen molar-refractivity contribution in [3.8, 4) is 11.5 Å². The van der Waals surface area contributed by atoms with E-state index < -0.39 is 17.7 Å². The topological polar surface area (TPSA) is 99.1 Å². The minimum absolute atomic E-state index is 0.287. The average Bonchev–Trinajstić information content (AvgIpc) is 3.04. The number of aromatic hydroxyl groups is 1. The van der Waals surface area contributed by atoms with E-state index in [0.29, 0.717) is 37.8 Å². The Morgan fingerprint density at radius 1 is 0.833 bits per heavy atom. The summed E-state index contributed by atoms with van der Waals surface area (Å²) in [6.07, 6.45) is 7.34. The van der Waals surface area contributed by atoms with Crippen LogP contribution in [0.4, 0.5) is 4.79 Å². The fraction of sp³-hybridized carbons (Fsp3) is 0.463. The smallest absolute Gasteiger partial charge is 0.408 e. The third-order valence-corrected chi connectivity index (χ3v) is 10.6. The highest BCUT2D eigenvalue weighted by Crippen LogP contribution is 2.58. The first-order chi connectivity index (χ1) is 23.1. The molecule has 3 aromatic rings. The SMILES string of the molecule is CC(C)(C)N(C(=O)O)C(Cc1ccccc1)C(=O)NCCCCOc1ccc(C(=C2C3CC4CC(C3)CC2C4)c2ccc(O)cc2)cc1. The molecule has 1 atom stereocenters. The van der Waals surface area contributed by atoms with Crippen molar-refractivity contribution in [1.82, 2.24) is 10.2 Å². The highest BCUT2D eigenvalue weighted by atomic mass is 16.5. The van der Waals surface area contributed by atoms with E-state index in [4.69, 9.17) is 4.74 Å². The van der Waals surface area contributed by atoms with E-state index in [2.05, 4.69) is 41.7 Å². The summed E-state index contributed by atoms with van der Waals surface area (Å²) in [6.45, 7) is 6.39. The molecule has 4 fully saturated rings. The number of phenolic OH excluding ortho intramolecular Hbond substituents is 1. The van der Waals surface area contributed by atoms with Crippen molar-refractivity contribution in [2.75, 3.05) is 13.2 Å². The van der Waals surface area contributed by atoms with Gasteiger partial charge in [0.05, 0.1) is 6.61 Å². The summed E-state index contributed by atoms with van der Waals surface area (Å²) in [4.78, 5) is 26.8. The summed E-state index contributed by atoms with van der Waals surface area (Å²) in [5.41, 5.74) is 5.52. The summed E-state index contributed by atoms with van der Waals surface area (Å²) >= 11 is 0. The van der Waals surface area contributed by atoms with Crippen molar-refractivity contribution in [3.05, 3.63) is 101 Å². The lowest BCUT2D eigenvalue weighted by molar-refractivity contribution is -0.127. The van der Waals surface area contributed by atoms with Crippen molar-refractivity contribution in [2.45, 2.75) is 83.7 Å². The quantitative estimate of drug-likeness (QED) is 0.171. The number of nitrogens with zero attached hydrogens (tertiary/aromatic N) is 1. The molecule has 4 saturated carbocycles. The summed E-state index contributed by atoms with van der Waals surface area (Å²) in [5, 5.41) is 23.0. The zero-order chi connectivity index (χ0) is 33.8. The lowest BCUT2D eigenvalue weighted by Crippen LogP contribution is -2.57. The summed E-state index contributed by atoms with van der Waals surface area (Å²) in [6, 6.07) is 24.8. The number of ether oxygens (including phenoxy) is 1. The van der Waals surface area contributed by atoms with E-state index in [9.17, 15) is 19.8 Å². The summed E-state index contributed by atoms with van der Waals surface area (Å²) < 4.78 is 6.10. The molecule has 3 aromatic carbocycles. The predicted molar refractivity (Wildman–Crippen MR) is 189 cm³/mol. The molecule has 0 saturated heterocycles. The largest absolute Gasteiger partial charge is 0.508 e. The van der Waals surface area contributed by atoms with Gasteiger partial charge in [0.25, 0.3) is 0 Å². The highest BCUT2D eigenvalue weighted by Gasteiger charge is 2.46. The molecule has 0 aliphatic heterocycles. The number of amides is 2. The standard InChI is InChI=1S/C41H50N2O5/c1-41(2,3)43(40(46)47)36(26-27-9-5-4-6-10-27)39(45)42-19-7-8-20-48-35-17-13-31(14-18-35)37(30-11-15-34(44)16-12-30)38-32-22-28-21-29(24-32)25-33(38)23-28/h4-6,9-18,28-29,32-33,36,44H,7-8,19-26H2,1-3H3,(H,42,45)(H,46,47). The zero-order valence-electron chi connectivity index (χ0n) is 28.5. The van der Waals surface area contributed by atoms with Crippen LogP contribution in [-0.4, -0.2) is 51.8 Å². The van der Waals surface area contributed by atoms with Gasteiger partial charge in [0.1, 0.15) is 17.5 Å². The molecule has 0 radical (unpaired) electrons. The first-order valence-corrected chi connectivity index (χ1v) is 17.7. The molecule has 4 bridgehead atoms. The van der Waals surface area contributed by atoms with Gasteiger partial charge in [-0.3, -0.25) is 9.69 Å². The number of carbonyl (C=O) groups excluding carboxylic acids is 1. The maximum Gasteiger partial charge on any atom is 0.408 e. The van der Waals surface area contributed by atoms with Crippen molar-refractivity contribution >= 4 is 17.6 Å². The molecule has 7 nitrogen and oxygen atoms in total. The van der Waals surface area contributed by atoms with Crippen LogP contribution in [0.5, 0.6) is 11.5 Å². The molecule has 0 spiro atoms. The number of benzene rings is 3. The van der Waals surface area contributed by atoms with Crippen LogP contribution in [0.3, 0.4) is 0 Å². The van der Waals surface area contributed by atoms with Crippen molar-refractivity contribution < 1.29 is 24.5 Å². The number of hydrogen-bond acceptors (Lipinski definition) is 4. The van der Waals surface area contributed by atoms with Gasteiger partial charge in [-0.2, -0.15) is 0 Å². The number of hydrogen-bond donors (Lipinski definition) is 3. The van der Waals surface area contributed by atoms with E-state index in [-0.39, 0.29) is 11.7 Å². The van der Waals surface area contributed by atoms with Gasteiger partial charge in [-0.05, 0) is 136 Å². The van der Waals surface area contributed by atoms with Crippen LogP contribution in [0.2, 0.25) is 0 Å². The van der Waals surface area contributed by atoms with E-state index in [1.807, 2.05) is 51.1 Å². The van der Waals surface area contributed by atoms with Gasteiger partial charge in [0.2, 0.25) is 5.91 Å². The Morgan fingerprint density at radius 2 is 1.42 bits per heavy atom.